The van der Waals surface area contributed by atoms with Gasteiger partial charge in [-0.1, -0.05) is 0 Å². The summed E-state index contributed by atoms with van der Waals surface area (Å²) in [4.78, 5) is 0. The highest BCUT2D eigenvalue weighted by atomic mass is 79.9. The summed E-state index contributed by atoms with van der Waals surface area (Å²) in [5.74, 6) is -1.89. The van der Waals surface area contributed by atoms with Gasteiger partial charge in [-0.2, -0.15) is 8.78 Å². The predicted molar refractivity (Wildman–Crippen MR) is 42.4 cm³/mol. The largest absolute Gasteiger partial charge is 0.504 e. The second-order valence-electron chi connectivity index (χ2n) is 2.11. The van der Waals surface area contributed by atoms with Gasteiger partial charge in [0, 0.05) is 12.1 Å². The first-order chi connectivity index (χ1) is 6.00. The van der Waals surface area contributed by atoms with Gasteiger partial charge in [0.15, 0.2) is 11.5 Å². The van der Waals surface area contributed by atoms with Crippen LogP contribution in [0, 0.1) is 5.82 Å². The van der Waals surface area contributed by atoms with Crippen LogP contribution in [0.4, 0.5) is 13.2 Å². The average molecular weight is 257 g/mol. The Bertz CT molecular complexity index is 317. The first-order valence-electron chi connectivity index (χ1n) is 3.13. The van der Waals surface area contributed by atoms with Crippen LogP contribution in [-0.4, -0.2) is 11.7 Å². The number of ether oxygens (including phenoxy) is 1. The van der Waals surface area contributed by atoms with Crippen molar-refractivity contribution in [2.45, 2.75) is 6.61 Å². The van der Waals surface area contributed by atoms with E-state index < -0.39 is 23.9 Å². The molecule has 0 aliphatic rings. The summed E-state index contributed by atoms with van der Waals surface area (Å²) in [5.41, 5.74) is 0. The maximum Gasteiger partial charge on any atom is 0.387 e. The van der Waals surface area contributed by atoms with Crippen LogP contribution < -0.4 is 4.74 Å². The standard InChI is InChI=1S/C7H4BrF3O2/c8-3-1-6(13-7(10)11)5(12)2-4(3)9/h1-2,7,12H. The number of hydrogen-bond acceptors (Lipinski definition) is 2. The molecule has 2 nitrogen and oxygen atoms in total. The molecule has 13 heavy (non-hydrogen) atoms. The Morgan fingerprint density at radius 1 is 1.38 bits per heavy atom. The van der Waals surface area contributed by atoms with E-state index >= 15 is 0 Å². The van der Waals surface area contributed by atoms with Crippen LogP contribution >= 0.6 is 15.9 Å². The highest BCUT2D eigenvalue weighted by Gasteiger charge is 2.12. The van der Waals surface area contributed by atoms with E-state index in [9.17, 15) is 13.2 Å². The van der Waals surface area contributed by atoms with Gasteiger partial charge in [0.25, 0.3) is 0 Å². The quantitative estimate of drug-likeness (QED) is 0.882. The zero-order valence-electron chi connectivity index (χ0n) is 6.10. The van der Waals surface area contributed by atoms with Crippen LogP contribution in [-0.2, 0) is 0 Å². The molecule has 1 N–H and O–H groups in total. The van der Waals surface area contributed by atoms with Crippen molar-refractivity contribution in [2.75, 3.05) is 0 Å². The molecule has 72 valence electrons. The van der Waals surface area contributed by atoms with E-state index in [-0.39, 0.29) is 4.47 Å². The van der Waals surface area contributed by atoms with E-state index in [1.807, 2.05) is 0 Å². The Hall–Kier alpha value is -0.910. The molecule has 1 aromatic rings. The van der Waals surface area contributed by atoms with Gasteiger partial charge in [-0.05, 0) is 15.9 Å². The number of phenols is 1. The van der Waals surface area contributed by atoms with Crippen molar-refractivity contribution in [3.05, 3.63) is 22.4 Å². The van der Waals surface area contributed by atoms with E-state index in [4.69, 9.17) is 5.11 Å². The fraction of sp³-hybridized carbons (Fsp3) is 0.143. The van der Waals surface area contributed by atoms with Crippen LogP contribution in [0.25, 0.3) is 0 Å². The molecule has 6 heteroatoms. The lowest BCUT2D eigenvalue weighted by atomic mass is 10.3. The minimum Gasteiger partial charge on any atom is -0.504 e. The molecule has 0 aliphatic carbocycles. The molecule has 0 heterocycles. The van der Waals surface area contributed by atoms with Gasteiger partial charge in [-0.15, -0.1) is 0 Å². The average Bonchev–Trinajstić information content (AvgIpc) is 1.99. The first-order valence-corrected chi connectivity index (χ1v) is 3.93. The smallest absolute Gasteiger partial charge is 0.387 e. The highest BCUT2D eigenvalue weighted by Crippen LogP contribution is 2.32. The number of benzene rings is 1. The van der Waals surface area contributed by atoms with Crippen LogP contribution in [0.15, 0.2) is 16.6 Å². The molecule has 0 spiro atoms. The van der Waals surface area contributed by atoms with Crippen LogP contribution in [0.5, 0.6) is 11.5 Å². The van der Waals surface area contributed by atoms with Crippen LogP contribution in [0.2, 0.25) is 0 Å². The summed E-state index contributed by atoms with van der Waals surface area (Å²) in [6.45, 7) is -3.05. The van der Waals surface area contributed by atoms with Crippen molar-refractivity contribution in [3.8, 4) is 11.5 Å². The molecule has 0 radical (unpaired) electrons. The molecule has 0 amide bonds. The number of hydrogen-bond donors (Lipinski definition) is 1. The summed E-state index contributed by atoms with van der Waals surface area (Å²) in [5, 5.41) is 8.95. The van der Waals surface area contributed by atoms with Gasteiger partial charge in [0.2, 0.25) is 0 Å². The molecular weight excluding hydrogens is 253 g/mol. The lowest BCUT2D eigenvalue weighted by molar-refractivity contribution is -0.0513. The van der Waals surface area contributed by atoms with Crippen LogP contribution in [0.3, 0.4) is 0 Å². The fourth-order valence-corrected chi connectivity index (χ4v) is 1.03. The normalized spacial score (nSPS) is 10.5. The molecular formula is C7H4BrF3O2. The fourth-order valence-electron chi connectivity index (χ4n) is 0.708. The topological polar surface area (TPSA) is 29.5 Å². The summed E-state index contributed by atoms with van der Waals surface area (Å²) in [6, 6.07) is 1.61. The van der Waals surface area contributed by atoms with Gasteiger partial charge in [-0.25, -0.2) is 4.39 Å². The Kier molecular flexibility index (Phi) is 3.02. The zero-order valence-corrected chi connectivity index (χ0v) is 7.69. The molecule has 0 saturated carbocycles. The van der Waals surface area contributed by atoms with E-state index in [2.05, 4.69) is 20.7 Å². The molecule has 0 saturated heterocycles. The second-order valence-corrected chi connectivity index (χ2v) is 2.97. The molecule has 1 rings (SSSR count). The SMILES string of the molecule is Oc1cc(F)c(Br)cc1OC(F)F. The Labute approximate surface area is 80.1 Å². The number of phenolic OH excluding ortho intramolecular Hbond substituents is 1. The zero-order chi connectivity index (χ0) is 10.0. The maximum atomic E-state index is 12.6. The molecule has 0 bridgehead atoms. The van der Waals surface area contributed by atoms with Crippen molar-refractivity contribution in [1.82, 2.24) is 0 Å². The Balaban J connectivity index is 3.01. The molecule has 0 aromatic heterocycles. The summed E-state index contributed by atoms with van der Waals surface area (Å²) < 4.78 is 39.9. The van der Waals surface area contributed by atoms with E-state index in [1.54, 1.807) is 0 Å². The van der Waals surface area contributed by atoms with Crippen molar-refractivity contribution >= 4 is 15.9 Å². The number of alkyl halides is 2. The lowest BCUT2D eigenvalue weighted by Crippen LogP contribution is -2.02. The predicted octanol–water partition coefficient (Wildman–Crippen LogP) is 2.90. The Morgan fingerprint density at radius 2 is 2.00 bits per heavy atom. The van der Waals surface area contributed by atoms with Crippen molar-refractivity contribution < 1.29 is 23.0 Å². The number of halogens is 4. The lowest BCUT2D eigenvalue weighted by Gasteiger charge is -2.06. The molecule has 0 aliphatic heterocycles. The van der Waals surface area contributed by atoms with Gasteiger partial charge in [-0.3, -0.25) is 0 Å². The van der Waals surface area contributed by atoms with Gasteiger partial charge in [0.05, 0.1) is 4.47 Å². The molecule has 1 aromatic carbocycles. The molecule has 0 fully saturated rings. The Morgan fingerprint density at radius 3 is 2.54 bits per heavy atom. The third kappa shape index (κ3) is 2.51. The van der Waals surface area contributed by atoms with Gasteiger partial charge in [0.1, 0.15) is 5.82 Å². The van der Waals surface area contributed by atoms with E-state index in [1.165, 1.54) is 0 Å². The molecule has 0 atom stereocenters. The second kappa shape index (κ2) is 3.87. The first kappa shape index (κ1) is 10.2. The minimum absolute atomic E-state index is 0.0547. The van der Waals surface area contributed by atoms with Crippen molar-refractivity contribution in [2.24, 2.45) is 0 Å². The third-order valence-electron chi connectivity index (χ3n) is 1.22. The summed E-state index contributed by atoms with van der Waals surface area (Å²) in [6.07, 6.45) is 0. The minimum atomic E-state index is -3.05. The van der Waals surface area contributed by atoms with E-state index in [0.717, 1.165) is 6.07 Å². The molecule has 0 unspecified atom stereocenters. The van der Waals surface area contributed by atoms with Gasteiger partial charge >= 0.3 is 6.61 Å². The summed E-state index contributed by atoms with van der Waals surface area (Å²) in [7, 11) is 0. The third-order valence-corrected chi connectivity index (χ3v) is 1.83. The van der Waals surface area contributed by atoms with Crippen LogP contribution in [0.1, 0.15) is 0 Å². The number of aromatic hydroxyl groups is 1. The number of rotatable bonds is 2. The highest BCUT2D eigenvalue weighted by molar-refractivity contribution is 9.10. The van der Waals surface area contributed by atoms with E-state index in [0.29, 0.717) is 6.07 Å². The summed E-state index contributed by atoms with van der Waals surface area (Å²) >= 11 is 2.76. The monoisotopic (exact) mass is 256 g/mol. The van der Waals surface area contributed by atoms with Gasteiger partial charge < -0.3 is 9.84 Å². The maximum absolute atomic E-state index is 12.6. The van der Waals surface area contributed by atoms with Crippen molar-refractivity contribution in [1.29, 1.82) is 0 Å². The van der Waals surface area contributed by atoms with Crippen molar-refractivity contribution in [3.63, 3.8) is 0 Å².